The second-order valence-electron chi connectivity index (χ2n) is 11.4. The number of aliphatic hydroxyl groups is 1. The average molecular weight is 587 g/mol. The van der Waals surface area contributed by atoms with E-state index in [0.717, 1.165) is 77.0 Å². The third-order valence-electron chi connectivity index (χ3n) is 6.39. The molecule has 0 bridgehead atoms. The zero-order chi connectivity index (χ0) is 30.1. The van der Waals surface area contributed by atoms with Gasteiger partial charge in [-0.15, -0.1) is 0 Å². The molecule has 3 unspecified atom stereocenters. The summed E-state index contributed by atoms with van der Waals surface area (Å²) in [6, 6.07) is -0.803. The molecule has 0 aromatic rings. The lowest BCUT2D eigenvalue weighted by Crippen LogP contribution is -2.46. The van der Waals surface area contributed by atoms with Gasteiger partial charge in [0.1, 0.15) is 13.2 Å². The van der Waals surface area contributed by atoms with Gasteiger partial charge >= 0.3 is 0 Å². The summed E-state index contributed by atoms with van der Waals surface area (Å²) in [6.07, 6.45) is 25.1. The number of likely N-dealkylation sites (N-methyl/N-ethyl adjacent to an activating group) is 1. The highest BCUT2D eigenvalue weighted by Gasteiger charge is 2.24. The number of hydrogen-bond acceptors (Lipinski definition) is 6. The largest absolute Gasteiger partial charge is 0.756 e. The summed E-state index contributed by atoms with van der Waals surface area (Å²) >= 11 is 0. The zero-order valence-corrected chi connectivity index (χ0v) is 26.9. The van der Waals surface area contributed by atoms with E-state index >= 15 is 0 Å². The fourth-order valence-electron chi connectivity index (χ4n) is 3.87. The molecule has 0 aliphatic heterocycles. The van der Waals surface area contributed by atoms with Crippen molar-refractivity contribution < 1.29 is 32.9 Å². The maximum Gasteiger partial charge on any atom is 0.268 e. The fraction of sp³-hybridized carbons (Fsp3) is 0.774. The van der Waals surface area contributed by atoms with Crippen LogP contribution in [0.15, 0.2) is 36.5 Å². The number of hydrogen-bond donors (Lipinski definition) is 2. The van der Waals surface area contributed by atoms with E-state index in [2.05, 4.69) is 55.6 Å². The van der Waals surface area contributed by atoms with Crippen LogP contribution in [0.1, 0.15) is 104 Å². The second-order valence-corrected chi connectivity index (χ2v) is 12.8. The van der Waals surface area contributed by atoms with Crippen molar-refractivity contribution in [2.24, 2.45) is 0 Å². The maximum absolute atomic E-state index is 12.6. The molecule has 9 heteroatoms. The van der Waals surface area contributed by atoms with Crippen LogP contribution in [0.3, 0.4) is 0 Å². The quantitative estimate of drug-likeness (QED) is 0.0540. The molecule has 0 rings (SSSR count). The molecule has 0 saturated heterocycles. The molecule has 234 valence electrons. The van der Waals surface area contributed by atoms with Crippen molar-refractivity contribution in [3.05, 3.63) is 36.5 Å². The molecule has 0 radical (unpaired) electrons. The fourth-order valence-corrected chi connectivity index (χ4v) is 4.60. The maximum atomic E-state index is 12.6. The molecule has 0 fully saturated rings. The molecule has 0 aromatic heterocycles. The van der Waals surface area contributed by atoms with Crippen molar-refractivity contribution in [2.45, 2.75) is 116 Å². The van der Waals surface area contributed by atoms with E-state index < -0.39 is 20.0 Å². The summed E-state index contributed by atoms with van der Waals surface area (Å²) in [6.45, 7) is 4.37. The van der Waals surface area contributed by atoms with Crippen LogP contribution in [-0.4, -0.2) is 68.5 Å². The number of carbonyl (C=O) groups excluding carboxylic acids is 1. The summed E-state index contributed by atoms with van der Waals surface area (Å²) < 4.78 is 22.8. The van der Waals surface area contributed by atoms with Crippen molar-refractivity contribution >= 4 is 13.7 Å². The second kappa shape index (κ2) is 24.3. The van der Waals surface area contributed by atoms with Gasteiger partial charge in [-0.2, -0.15) is 0 Å². The Balaban J connectivity index is 4.32. The number of allylic oxidation sites excluding steroid dienone is 6. The van der Waals surface area contributed by atoms with Gasteiger partial charge in [0.25, 0.3) is 7.82 Å². The number of aliphatic hydroxyl groups excluding tert-OH is 1. The van der Waals surface area contributed by atoms with Crippen molar-refractivity contribution in [1.82, 2.24) is 5.32 Å². The van der Waals surface area contributed by atoms with E-state index in [1.54, 1.807) is 0 Å². The van der Waals surface area contributed by atoms with E-state index in [4.69, 9.17) is 9.05 Å². The van der Waals surface area contributed by atoms with E-state index in [0.29, 0.717) is 23.9 Å². The summed E-state index contributed by atoms with van der Waals surface area (Å²) in [7, 11) is 1.27. The first-order valence-electron chi connectivity index (χ1n) is 15.3. The van der Waals surface area contributed by atoms with Crippen LogP contribution in [0.2, 0.25) is 0 Å². The molecule has 0 saturated carbocycles. The van der Waals surface area contributed by atoms with E-state index in [-0.39, 0.29) is 19.1 Å². The normalized spacial score (nSPS) is 15.7. The minimum atomic E-state index is -4.53. The molecule has 0 heterocycles. The minimum absolute atomic E-state index is 0.00515. The number of nitrogens with zero attached hydrogens (tertiary/aromatic N) is 1. The number of quaternary nitrogens is 1. The molecule has 3 atom stereocenters. The van der Waals surface area contributed by atoms with Gasteiger partial charge in [0.15, 0.2) is 0 Å². The van der Waals surface area contributed by atoms with Crippen molar-refractivity contribution in [3.63, 3.8) is 0 Å². The lowest BCUT2D eigenvalue weighted by molar-refractivity contribution is -0.870. The Kier molecular flexibility index (Phi) is 23.6. The van der Waals surface area contributed by atoms with Gasteiger partial charge in [-0.25, -0.2) is 0 Å². The number of unbranched alkanes of at least 4 members (excludes halogenated alkanes) is 7. The Morgan fingerprint density at radius 1 is 0.900 bits per heavy atom. The monoisotopic (exact) mass is 586 g/mol. The highest BCUT2D eigenvalue weighted by molar-refractivity contribution is 7.45. The number of phosphoric acid groups is 1. The van der Waals surface area contributed by atoms with Crippen LogP contribution in [-0.2, 0) is 18.4 Å². The lowest BCUT2D eigenvalue weighted by atomic mass is 10.0. The van der Waals surface area contributed by atoms with Crippen LogP contribution in [0.4, 0.5) is 0 Å². The molecule has 0 aromatic carbocycles. The molecular formula is C31H59N2O6P. The van der Waals surface area contributed by atoms with Gasteiger partial charge in [0, 0.05) is 6.42 Å². The standard InChI is InChI=1S/C31H59N2O6P/c1-6-8-10-11-12-13-14-15-16-17-18-19-20-21-23-25-31(35)32-29(30(34)24-22-9-7-2)28-39-40(36,37)38-27-26-33(3,4)5/h8,10,12-13,15-16,29-30,34H,6-7,9,11,14,17-28H2,1-5H3,(H-,32,35,36,37)/b10-8-,13-12-,16-15-. The van der Waals surface area contributed by atoms with Crippen LogP contribution in [0.25, 0.3) is 0 Å². The highest BCUT2D eigenvalue weighted by atomic mass is 31.2. The summed E-state index contributed by atoms with van der Waals surface area (Å²) in [4.78, 5) is 24.7. The first-order chi connectivity index (χ1) is 19.0. The lowest BCUT2D eigenvalue weighted by Gasteiger charge is -2.30. The number of rotatable bonds is 26. The van der Waals surface area contributed by atoms with E-state index in [1.807, 2.05) is 21.1 Å². The topological polar surface area (TPSA) is 108 Å². The summed E-state index contributed by atoms with van der Waals surface area (Å²) in [5.74, 6) is -0.198. The van der Waals surface area contributed by atoms with Gasteiger partial charge in [-0.3, -0.25) is 9.36 Å². The Bertz CT molecular complexity index is 763. The summed E-state index contributed by atoms with van der Waals surface area (Å²) in [5.41, 5.74) is 0. The first kappa shape index (κ1) is 38.7. The molecule has 0 spiro atoms. The molecule has 2 N–H and O–H groups in total. The van der Waals surface area contributed by atoms with Gasteiger partial charge in [-0.05, 0) is 44.9 Å². The van der Waals surface area contributed by atoms with Crippen molar-refractivity contribution in [1.29, 1.82) is 0 Å². The number of phosphoric ester groups is 1. The highest BCUT2D eigenvalue weighted by Crippen LogP contribution is 2.38. The molecule has 40 heavy (non-hydrogen) atoms. The van der Waals surface area contributed by atoms with Crippen LogP contribution < -0.4 is 10.2 Å². The van der Waals surface area contributed by atoms with Crippen LogP contribution in [0.5, 0.6) is 0 Å². The SMILES string of the molecule is CC/C=C\C/C=C\C/C=C\CCCCCCCC(=O)NC(COP(=O)([O-])OCC[N+](C)(C)C)C(O)CCCCC. The number of amides is 1. The van der Waals surface area contributed by atoms with E-state index in [1.165, 1.54) is 0 Å². The molecule has 8 nitrogen and oxygen atoms in total. The van der Waals surface area contributed by atoms with Crippen molar-refractivity contribution in [2.75, 3.05) is 40.9 Å². The van der Waals surface area contributed by atoms with Crippen molar-refractivity contribution in [3.8, 4) is 0 Å². The molecule has 0 aliphatic carbocycles. The predicted octanol–water partition coefficient (Wildman–Crippen LogP) is 6.21. The van der Waals surface area contributed by atoms with Gasteiger partial charge in [0.05, 0.1) is 39.9 Å². The number of carbonyl (C=O) groups is 1. The average Bonchev–Trinajstić information content (AvgIpc) is 2.88. The van der Waals surface area contributed by atoms with Gasteiger partial charge in [0.2, 0.25) is 5.91 Å². The first-order valence-corrected chi connectivity index (χ1v) is 16.8. The summed E-state index contributed by atoms with van der Waals surface area (Å²) in [5, 5.41) is 13.4. The van der Waals surface area contributed by atoms with E-state index in [9.17, 15) is 19.4 Å². The smallest absolute Gasteiger partial charge is 0.268 e. The minimum Gasteiger partial charge on any atom is -0.756 e. The van der Waals surface area contributed by atoms with Gasteiger partial charge in [-0.1, -0.05) is 88.8 Å². The predicted molar refractivity (Wildman–Crippen MR) is 164 cm³/mol. The zero-order valence-electron chi connectivity index (χ0n) is 26.0. The molecular weight excluding hydrogens is 527 g/mol. The Labute approximate surface area is 245 Å². The third-order valence-corrected chi connectivity index (χ3v) is 7.36. The number of nitrogens with one attached hydrogen (secondary N) is 1. The third kappa shape index (κ3) is 25.7. The Morgan fingerprint density at radius 3 is 2.17 bits per heavy atom. The van der Waals surface area contributed by atoms with Gasteiger partial charge < -0.3 is 28.8 Å². The van der Waals surface area contributed by atoms with Crippen LogP contribution >= 0.6 is 7.82 Å². The molecule has 0 aliphatic rings. The molecule has 1 amide bonds. The Hall–Kier alpha value is -1.28. The van der Waals surface area contributed by atoms with Crippen LogP contribution in [0, 0.1) is 0 Å². The Morgan fingerprint density at radius 2 is 1.52 bits per heavy atom.